The minimum atomic E-state index is -0.0191. The van der Waals surface area contributed by atoms with E-state index in [0.717, 1.165) is 6.42 Å². The number of nitrogens with two attached hydrogens (primary N) is 1. The fourth-order valence-electron chi connectivity index (χ4n) is 0.834. The van der Waals surface area contributed by atoms with E-state index in [0.29, 0.717) is 0 Å². The van der Waals surface area contributed by atoms with E-state index in [1.807, 2.05) is 12.2 Å². The summed E-state index contributed by atoms with van der Waals surface area (Å²) in [6.45, 7) is 2.06. The molecule has 1 aliphatic rings. The van der Waals surface area contributed by atoms with E-state index in [9.17, 15) is 0 Å². The molecule has 9 heavy (non-hydrogen) atoms. The SMILES string of the molecule is C[C@]1(NN)C=CC=CC1. The van der Waals surface area contributed by atoms with Gasteiger partial charge in [-0.1, -0.05) is 24.3 Å². The minimum Gasteiger partial charge on any atom is -0.271 e. The van der Waals surface area contributed by atoms with Gasteiger partial charge < -0.3 is 0 Å². The van der Waals surface area contributed by atoms with Crippen LogP contribution < -0.4 is 11.3 Å². The van der Waals surface area contributed by atoms with Crippen LogP contribution in [0.3, 0.4) is 0 Å². The van der Waals surface area contributed by atoms with Crippen LogP contribution in [0.25, 0.3) is 0 Å². The molecule has 0 amide bonds. The van der Waals surface area contributed by atoms with Crippen LogP contribution in [0.1, 0.15) is 13.3 Å². The molecule has 1 rings (SSSR count). The highest BCUT2D eigenvalue weighted by Gasteiger charge is 2.17. The van der Waals surface area contributed by atoms with Gasteiger partial charge in [-0.25, -0.2) is 0 Å². The Balaban J connectivity index is 2.63. The lowest BCUT2D eigenvalue weighted by atomic mass is 9.95. The highest BCUT2D eigenvalue weighted by Crippen LogP contribution is 2.14. The largest absolute Gasteiger partial charge is 0.271 e. The molecule has 2 heteroatoms. The van der Waals surface area contributed by atoms with Crippen LogP contribution in [0.15, 0.2) is 24.3 Å². The molecule has 0 radical (unpaired) electrons. The zero-order chi connectivity index (χ0) is 6.74. The third-order valence-electron chi connectivity index (χ3n) is 1.58. The zero-order valence-corrected chi connectivity index (χ0v) is 5.59. The molecule has 0 saturated carbocycles. The predicted octanol–water partition coefficient (Wildman–Crippen LogP) is 0.725. The molecule has 0 unspecified atom stereocenters. The summed E-state index contributed by atoms with van der Waals surface area (Å²) in [7, 11) is 0. The van der Waals surface area contributed by atoms with Crippen molar-refractivity contribution in [3.8, 4) is 0 Å². The maximum atomic E-state index is 5.30. The normalized spacial score (nSPS) is 33.1. The van der Waals surface area contributed by atoms with E-state index in [2.05, 4.69) is 24.5 Å². The van der Waals surface area contributed by atoms with Crippen LogP contribution in [0.2, 0.25) is 0 Å². The van der Waals surface area contributed by atoms with Gasteiger partial charge in [0.2, 0.25) is 0 Å². The summed E-state index contributed by atoms with van der Waals surface area (Å²) in [6.07, 6.45) is 9.16. The molecular weight excluding hydrogens is 112 g/mol. The van der Waals surface area contributed by atoms with Crippen LogP contribution in [0, 0.1) is 0 Å². The molecule has 0 bridgehead atoms. The molecule has 0 aromatic heterocycles. The molecule has 3 N–H and O–H groups in total. The first-order valence-electron chi connectivity index (χ1n) is 3.09. The van der Waals surface area contributed by atoms with Crippen molar-refractivity contribution >= 4 is 0 Å². The van der Waals surface area contributed by atoms with Gasteiger partial charge in [-0.15, -0.1) is 0 Å². The average molecular weight is 124 g/mol. The maximum absolute atomic E-state index is 5.30. The molecule has 0 spiro atoms. The van der Waals surface area contributed by atoms with E-state index in [1.165, 1.54) is 0 Å². The molecule has 2 nitrogen and oxygen atoms in total. The van der Waals surface area contributed by atoms with Crippen molar-refractivity contribution < 1.29 is 0 Å². The highest BCUT2D eigenvalue weighted by atomic mass is 15.3. The smallest absolute Gasteiger partial charge is 0.0509 e. The summed E-state index contributed by atoms with van der Waals surface area (Å²) in [5, 5.41) is 0. The van der Waals surface area contributed by atoms with Gasteiger partial charge >= 0.3 is 0 Å². The van der Waals surface area contributed by atoms with Gasteiger partial charge in [0, 0.05) is 0 Å². The van der Waals surface area contributed by atoms with Crippen LogP contribution in [-0.4, -0.2) is 5.54 Å². The van der Waals surface area contributed by atoms with Crippen molar-refractivity contribution in [1.29, 1.82) is 0 Å². The number of nitrogens with one attached hydrogen (secondary N) is 1. The van der Waals surface area contributed by atoms with Gasteiger partial charge in [0.05, 0.1) is 5.54 Å². The van der Waals surface area contributed by atoms with Gasteiger partial charge in [0.15, 0.2) is 0 Å². The number of rotatable bonds is 1. The second kappa shape index (κ2) is 2.33. The number of hydrogen-bond donors (Lipinski definition) is 2. The summed E-state index contributed by atoms with van der Waals surface area (Å²) < 4.78 is 0. The van der Waals surface area contributed by atoms with Crippen LogP contribution in [0.5, 0.6) is 0 Å². The highest BCUT2D eigenvalue weighted by molar-refractivity contribution is 5.18. The zero-order valence-electron chi connectivity index (χ0n) is 5.59. The first kappa shape index (κ1) is 6.52. The second-order valence-electron chi connectivity index (χ2n) is 2.55. The standard InChI is InChI=1S/C7H12N2/c1-7(9-8)5-3-2-4-6-7/h2-5,9H,6,8H2,1H3/t7-/m0/s1. The van der Waals surface area contributed by atoms with E-state index in [4.69, 9.17) is 5.84 Å². The quantitative estimate of drug-likeness (QED) is 0.399. The van der Waals surface area contributed by atoms with Crippen molar-refractivity contribution in [2.45, 2.75) is 18.9 Å². The number of hydrazine groups is 1. The molecule has 0 fully saturated rings. The monoisotopic (exact) mass is 124 g/mol. The lowest BCUT2D eigenvalue weighted by Crippen LogP contribution is -2.45. The van der Waals surface area contributed by atoms with Gasteiger partial charge in [-0.3, -0.25) is 11.3 Å². The molecule has 0 heterocycles. The van der Waals surface area contributed by atoms with Crippen molar-refractivity contribution in [3.05, 3.63) is 24.3 Å². The first-order valence-corrected chi connectivity index (χ1v) is 3.09. The lowest BCUT2D eigenvalue weighted by molar-refractivity contribution is 0.450. The molecule has 50 valence electrons. The Kier molecular flexibility index (Phi) is 1.69. The van der Waals surface area contributed by atoms with Gasteiger partial charge in [0.25, 0.3) is 0 Å². The van der Waals surface area contributed by atoms with E-state index in [-0.39, 0.29) is 5.54 Å². The predicted molar refractivity (Wildman–Crippen MR) is 38.6 cm³/mol. The summed E-state index contributed by atoms with van der Waals surface area (Å²) >= 11 is 0. The summed E-state index contributed by atoms with van der Waals surface area (Å²) in [5.74, 6) is 5.30. The minimum absolute atomic E-state index is 0.0191. The molecule has 0 saturated heterocycles. The Labute approximate surface area is 55.4 Å². The fourth-order valence-corrected chi connectivity index (χ4v) is 0.834. The first-order chi connectivity index (χ1) is 4.27. The molecule has 0 aromatic carbocycles. The third-order valence-corrected chi connectivity index (χ3v) is 1.58. The summed E-state index contributed by atoms with van der Waals surface area (Å²) in [6, 6.07) is 0. The molecule has 0 aliphatic heterocycles. The van der Waals surface area contributed by atoms with Crippen molar-refractivity contribution in [3.63, 3.8) is 0 Å². The van der Waals surface area contributed by atoms with E-state index < -0.39 is 0 Å². The van der Waals surface area contributed by atoms with E-state index >= 15 is 0 Å². The van der Waals surface area contributed by atoms with Crippen molar-refractivity contribution in [1.82, 2.24) is 5.43 Å². The Morgan fingerprint density at radius 2 is 2.33 bits per heavy atom. The lowest BCUT2D eigenvalue weighted by Gasteiger charge is -2.24. The topological polar surface area (TPSA) is 38.0 Å². The Morgan fingerprint density at radius 3 is 2.67 bits per heavy atom. The van der Waals surface area contributed by atoms with Gasteiger partial charge in [-0.2, -0.15) is 0 Å². The second-order valence-corrected chi connectivity index (χ2v) is 2.55. The van der Waals surface area contributed by atoms with Crippen LogP contribution in [-0.2, 0) is 0 Å². The summed E-state index contributed by atoms with van der Waals surface area (Å²) in [5.41, 5.74) is 2.72. The Hall–Kier alpha value is -0.600. The maximum Gasteiger partial charge on any atom is 0.0509 e. The molecule has 1 atom stereocenters. The Morgan fingerprint density at radius 1 is 1.56 bits per heavy atom. The molecule has 0 aromatic rings. The summed E-state index contributed by atoms with van der Waals surface area (Å²) in [4.78, 5) is 0. The number of allylic oxidation sites excluding steroid dienone is 2. The molecular formula is C7H12N2. The van der Waals surface area contributed by atoms with Gasteiger partial charge in [-0.05, 0) is 13.3 Å². The fraction of sp³-hybridized carbons (Fsp3) is 0.429. The number of hydrogen-bond acceptors (Lipinski definition) is 2. The van der Waals surface area contributed by atoms with E-state index in [1.54, 1.807) is 0 Å². The van der Waals surface area contributed by atoms with Crippen LogP contribution >= 0.6 is 0 Å². The van der Waals surface area contributed by atoms with Crippen molar-refractivity contribution in [2.24, 2.45) is 5.84 Å². The average Bonchev–Trinajstić information content (AvgIpc) is 1.90. The van der Waals surface area contributed by atoms with Crippen LogP contribution in [0.4, 0.5) is 0 Å². The Bertz CT molecular complexity index is 149. The third kappa shape index (κ3) is 1.40. The van der Waals surface area contributed by atoms with Gasteiger partial charge in [0.1, 0.15) is 0 Å². The van der Waals surface area contributed by atoms with Crippen molar-refractivity contribution in [2.75, 3.05) is 0 Å². The molecule has 1 aliphatic carbocycles.